The molecule has 7 aromatic carbocycles. The first-order valence-electron chi connectivity index (χ1n) is 41.1. The number of likely N-dealkylation sites (N-methyl/N-ethyl adjacent to an activating group) is 1. The lowest BCUT2D eigenvalue weighted by Gasteiger charge is -2.41. The minimum atomic E-state index is -2.79. The highest BCUT2D eigenvalue weighted by molar-refractivity contribution is 6.37. The highest BCUT2D eigenvalue weighted by Crippen LogP contribution is 2.54. The van der Waals surface area contributed by atoms with Crippen molar-refractivity contribution in [1.82, 2.24) is 5.32 Å². The van der Waals surface area contributed by atoms with Gasteiger partial charge in [-0.1, -0.05) is 103 Å². The van der Waals surface area contributed by atoms with Crippen molar-refractivity contribution in [2.45, 2.75) is 193 Å². The third kappa shape index (κ3) is 20.2. The molecule has 48 heteroatoms. The van der Waals surface area contributed by atoms with Gasteiger partial charge in [0.2, 0.25) is 53.7 Å². The fourth-order valence-corrected chi connectivity index (χ4v) is 17.3. The number of aliphatic hydroxyl groups is 18. The van der Waals surface area contributed by atoms with Gasteiger partial charge >= 0.3 is 11.9 Å². The van der Waals surface area contributed by atoms with Crippen LogP contribution in [0.5, 0.6) is 69.0 Å². The second-order valence-electron chi connectivity index (χ2n) is 32.4. The molecule has 0 unspecified atom stereocenters. The first-order chi connectivity index (χ1) is 63.6. The SMILES string of the molecule is CN[C@@H]1C(O)=N[C@@H]2C(O)=N[C@H](C(O)=N[C@@H]3C(O)=N[C@H]4C(O)=N[C@H](C(O)=N[C@H](C(=O)O)c5cc(O)cc(O)c5-c5cc4cc(Cl)c5O[C@H]4O[C@H](CO)[C@H](O)[C@@H](O)[C@H]4O)[C@H](O[C@@H]4O[C@@H](C(=O)O)[C@H](O)[C@@H](O)[C@H]4N=C(O)CCCCCC(C)C)c4cc(Cl)c(c(Cl)c4)Oc4cc3cc(c4O[C@H]3O[C@@H](CO)[C@H](O)[C@@H](O)[C@H]3O)Oc3ccc(cc3Cl)[C@H]2O)c2cc(cc(O)c2Cl)Oc2cc1ccc2O. The van der Waals surface area contributed by atoms with E-state index in [9.17, 15) is 132 Å². The number of halogens is 5. The Kier molecular flexibility index (Phi) is 30.0. The number of nitrogens with zero attached hydrogens (tertiary/aromatic N) is 7. The Morgan fingerprint density at radius 2 is 1.04 bits per heavy atom. The number of hydrogen-bond acceptors (Lipinski definition) is 34. The maximum atomic E-state index is 14.4. The normalized spacial score (nSPS) is 29.4. The summed E-state index contributed by atoms with van der Waals surface area (Å²) in [5.74, 6) is -22.4. The molecular weight excluding hydrogens is 1880 g/mol. The summed E-state index contributed by atoms with van der Waals surface area (Å²) in [7, 11) is 1.36. The van der Waals surface area contributed by atoms with Crippen molar-refractivity contribution < 1.29 is 175 Å². The van der Waals surface area contributed by atoms with E-state index in [2.05, 4.69) is 40.3 Å². The van der Waals surface area contributed by atoms with Gasteiger partial charge in [0.15, 0.2) is 83.3 Å². The van der Waals surface area contributed by atoms with Gasteiger partial charge in [0.05, 0.1) is 38.3 Å². The van der Waals surface area contributed by atoms with E-state index in [1.54, 1.807) is 0 Å². The van der Waals surface area contributed by atoms with Crippen molar-refractivity contribution in [1.29, 1.82) is 0 Å². The van der Waals surface area contributed by atoms with Crippen molar-refractivity contribution in [2.24, 2.45) is 40.9 Å². The van der Waals surface area contributed by atoms with E-state index in [1.165, 1.54) is 19.2 Å². The number of aliphatic hydroxyl groups excluding tert-OH is 18. The summed E-state index contributed by atoms with van der Waals surface area (Å²) in [6.07, 6.45) is -34.1. The number of ether oxygens (including phenoxy) is 9. The quantitative estimate of drug-likeness (QED) is 0.0219. The molecule has 0 amide bonds. The Balaban J connectivity index is 1.12. The van der Waals surface area contributed by atoms with Gasteiger partial charge < -0.3 is 171 Å². The van der Waals surface area contributed by atoms with Crippen molar-refractivity contribution in [2.75, 3.05) is 20.3 Å². The van der Waals surface area contributed by atoms with E-state index in [-0.39, 0.29) is 29.9 Å². The fraction of sp³-hybridized carbons (Fsp3) is 0.407. The predicted octanol–water partition coefficient (Wildman–Crippen LogP) is 8.17. The van der Waals surface area contributed by atoms with E-state index in [4.69, 9.17) is 101 Å². The monoisotopic (exact) mass is 1970 g/mol. The minimum Gasteiger partial charge on any atom is -0.508 e. The number of benzene rings is 7. The zero-order valence-electron chi connectivity index (χ0n) is 69.9. The first-order valence-corrected chi connectivity index (χ1v) is 43.0. The van der Waals surface area contributed by atoms with Gasteiger partial charge in [-0.25, -0.2) is 44.5 Å². The molecule has 0 radical (unpaired) electrons. The van der Waals surface area contributed by atoms with Gasteiger partial charge in [-0.3, -0.25) is 0 Å². The molecule has 43 nitrogen and oxygen atoms in total. The van der Waals surface area contributed by atoms with E-state index >= 15 is 0 Å². The van der Waals surface area contributed by atoms with Crippen molar-refractivity contribution >= 4 is 111 Å². The van der Waals surface area contributed by atoms with Gasteiger partial charge in [0.25, 0.3) is 0 Å². The summed E-state index contributed by atoms with van der Waals surface area (Å²) in [5, 5.41) is 285. The second-order valence-corrected chi connectivity index (χ2v) is 34.4. The Bertz CT molecular complexity index is 5850. The summed E-state index contributed by atoms with van der Waals surface area (Å²) in [4.78, 5) is 58.5. The molecule has 134 heavy (non-hydrogen) atoms. The predicted molar refractivity (Wildman–Crippen MR) is 472 cm³/mol. The summed E-state index contributed by atoms with van der Waals surface area (Å²) in [5.41, 5.74) is -5.37. The maximum absolute atomic E-state index is 14.4. The van der Waals surface area contributed by atoms with Crippen LogP contribution in [-0.4, -0.2) is 300 Å². The van der Waals surface area contributed by atoms with Gasteiger partial charge in [0, 0.05) is 40.8 Å². The number of aliphatic imine (C=N–C) groups is 7. The molecule has 17 bridgehead atoms. The Morgan fingerprint density at radius 3 is 1.65 bits per heavy atom. The topological polar surface area (TPSA) is 701 Å². The van der Waals surface area contributed by atoms with Crippen LogP contribution in [0.2, 0.25) is 25.1 Å². The lowest BCUT2D eigenvalue weighted by Crippen LogP contribution is -2.60. The lowest BCUT2D eigenvalue weighted by molar-refractivity contribution is -0.277. The van der Waals surface area contributed by atoms with E-state index in [0.29, 0.717) is 25.0 Å². The number of carbonyl (C=O) groups is 2. The van der Waals surface area contributed by atoms with Crippen LogP contribution in [0.15, 0.2) is 132 Å². The van der Waals surface area contributed by atoms with E-state index in [1.807, 2.05) is 13.8 Å². The molecule has 9 heterocycles. The number of unbranched alkanes of at least 4 members (excludes halogenated alkanes) is 2. The molecule has 9 aliphatic rings. The molecule has 3 fully saturated rings. The van der Waals surface area contributed by atoms with E-state index < -0.39 is 346 Å². The maximum Gasteiger partial charge on any atom is 0.335 e. The van der Waals surface area contributed by atoms with Crippen LogP contribution in [0.3, 0.4) is 0 Å². The number of carboxylic acid groups (broad SMARTS) is 2. The van der Waals surface area contributed by atoms with Crippen LogP contribution in [-0.2, 0) is 28.5 Å². The third-order valence-electron chi connectivity index (χ3n) is 22.9. The molecule has 9 aliphatic heterocycles. The molecule has 718 valence electrons. The molecule has 0 aliphatic carbocycles. The number of hydrogen-bond donors (Lipinski definition) is 25. The van der Waals surface area contributed by atoms with Gasteiger partial charge in [-0.05, 0) is 120 Å². The van der Waals surface area contributed by atoms with Gasteiger partial charge in [-0.2, -0.15) is 0 Å². The standard InChI is InChI=1S/C86H89Cl5N8O35/c1-27(2)7-5-4-6-8-51(106)93-60-65(110)68(113)75(83(124)125)134-84(60)131-71-32-16-40(89)73(41(90)17-32)128-48-20-31-19-47(74(48)133-86-70(115)67(112)64(109)50(26-101)130-86)127-45-12-10-29(14-38(45)87)62(107)59-80(120)96-57(37-23-34(24-44(105)53(37)91)126-46-18-28(9-11-42(46)103)54(92-3)76(116)98-59)79(119)95-56(31)77(117)94-55-30-13-36(72(39(88)15-30)132-85-69(114)66(111)63(108)49(25-100)129-85)52-35(21-33(102)22-43(52)104)58(82(122)123)97-81(121)61(71)99-78(55)118/h9-24,27,49-50,54-71,75,84-86,92,100-105,107-115H,4-8,25-26H2,1-3H3,(H,93,106)(H,94,117)(H,95,119)(H,96,120)(H,97,121)(H,98,116)(H,99,118)(H,122,123)(H,124,125)/t49-,50+,54+,55-,56+,57+,58+,59+,60-,61+,62-,63+,64+,65+,66-,67-,68-,69-,70-,71-,75-,84-,85-,86-/m1/s1. The Morgan fingerprint density at radius 1 is 0.470 bits per heavy atom. The third-order valence-corrected chi connectivity index (χ3v) is 24.4. The zero-order valence-corrected chi connectivity index (χ0v) is 73.6. The van der Waals surface area contributed by atoms with Gasteiger partial charge in [0.1, 0.15) is 120 Å². The summed E-state index contributed by atoms with van der Waals surface area (Å²) >= 11 is 36.4. The zero-order chi connectivity index (χ0) is 96.9. The van der Waals surface area contributed by atoms with Crippen molar-refractivity contribution in [3.63, 3.8) is 0 Å². The Labute approximate surface area is 782 Å². The number of rotatable bonds is 18. The van der Waals surface area contributed by atoms with Gasteiger partial charge in [-0.15, -0.1) is 0 Å². The number of phenolic OH excluding ortho intramolecular Hbond substituents is 4. The summed E-state index contributed by atoms with van der Waals surface area (Å²) in [6, 6.07) is -4.01. The number of fused-ring (bicyclic) bond motifs is 12. The molecule has 24 atom stereocenters. The molecule has 16 rings (SSSR count). The summed E-state index contributed by atoms with van der Waals surface area (Å²) < 4.78 is 56.4. The van der Waals surface area contributed by atoms with E-state index in [0.717, 1.165) is 79.2 Å². The minimum absolute atomic E-state index is 0.0953. The van der Waals surface area contributed by atoms with Crippen molar-refractivity contribution in [3.05, 3.63) is 161 Å². The van der Waals surface area contributed by atoms with Crippen molar-refractivity contribution in [3.8, 4) is 80.1 Å². The highest BCUT2D eigenvalue weighted by atomic mass is 35.5. The molecule has 0 saturated carbocycles. The fourth-order valence-electron chi connectivity index (χ4n) is 16.0. The average molecular weight is 1970 g/mol. The number of nitrogens with one attached hydrogen (secondary N) is 1. The van der Waals surface area contributed by atoms with Crippen LogP contribution in [0.25, 0.3) is 11.1 Å². The lowest BCUT2D eigenvalue weighted by atomic mass is 9.90. The Hall–Kier alpha value is -11.2. The molecule has 7 aromatic rings. The van der Waals surface area contributed by atoms with Crippen LogP contribution in [0.4, 0.5) is 0 Å². The van der Waals surface area contributed by atoms with Crippen LogP contribution in [0, 0.1) is 5.92 Å². The van der Waals surface area contributed by atoms with Crippen LogP contribution < -0.4 is 29.0 Å². The smallest absolute Gasteiger partial charge is 0.335 e. The number of aliphatic carboxylic acids is 2. The first kappa shape index (κ1) is 98.8. The molecule has 0 spiro atoms. The number of aromatic hydroxyl groups is 4. The largest absolute Gasteiger partial charge is 0.508 e. The van der Waals surface area contributed by atoms with Crippen LogP contribution >= 0.6 is 58.0 Å². The van der Waals surface area contributed by atoms with Crippen LogP contribution in [0.1, 0.15) is 127 Å². The molecule has 3 saturated heterocycles. The average Bonchev–Trinajstić information content (AvgIpc) is 0.748. The summed E-state index contributed by atoms with van der Waals surface area (Å²) in [6.45, 7) is 1.82. The highest BCUT2D eigenvalue weighted by Gasteiger charge is 2.53. The molecule has 25 N–H and O–H groups in total. The number of phenols is 4. The number of carboxylic acids is 2. The molecular formula is C86H89Cl5N8O35. The second kappa shape index (κ2) is 40.8. The molecule has 0 aromatic heterocycles.